The second-order valence-electron chi connectivity index (χ2n) is 3.40. The van der Waals surface area contributed by atoms with Crippen LogP contribution in [0.3, 0.4) is 0 Å². The molecule has 0 unspecified atom stereocenters. The van der Waals surface area contributed by atoms with Crippen LogP contribution in [0.5, 0.6) is 0 Å². The van der Waals surface area contributed by atoms with Gasteiger partial charge in [0, 0.05) is 33.1 Å². The molecule has 3 amide bonds. The molecule has 0 aromatic heterocycles. The fraction of sp³-hybridized carbons (Fsp3) is 0.778. The van der Waals surface area contributed by atoms with Crippen LogP contribution in [0.25, 0.3) is 0 Å². The minimum atomic E-state index is -0.129. The van der Waals surface area contributed by atoms with Gasteiger partial charge in [-0.25, -0.2) is 9.86 Å². The van der Waals surface area contributed by atoms with Crippen LogP contribution in [0, 0.1) is 0 Å². The number of hydroxylamine groups is 2. The number of hydrogen-bond donors (Lipinski definition) is 1. The van der Waals surface area contributed by atoms with Crippen molar-refractivity contribution >= 4 is 11.9 Å². The van der Waals surface area contributed by atoms with Gasteiger partial charge < -0.3 is 10.2 Å². The Morgan fingerprint density at radius 3 is 3.00 bits per heavy atom. The number of amides is 3. The fourth-order valence-electron chi connectivity index (χ4n) is 1.38. The summed E-state index contributed by atoms with van der Waals surface area (Å²) in [6, 6.07) is -0.0888. The number of hydrogen-bond acceptors (Lipinski definition) is 3. The Balaban J connectivity index is 2.29. The van der Waals surface area contributed by atoms with Gasteiger partial charge >= 0.3 is 6.03 Å². The van der Waals surface area contributed by atoms with E-state index >= 15 is 0 Å². The number of rotatable bonds is 4. The summed E-state index contributed by atoms with van der Waals surface area (Å²) in [6.45, 7) is 1.88. The molecule has 0 spiro atoms. The zero-order valence-electron chi connectivity index (χ0n) is 9.15. The minimum absolute atomic E-state index is 0.0888. The zero-order valence-corrected chi connectivity index (χ0v) is 9.15. The third kappa shape index (κ3) is 3.39. The molecule has 6 heteroatoms. The smallest absolute Gasteiger partial charge is 0.317 e. The van der Waals surface area contributed by atoms with E-state index in [4.69, 9.17) is 4.84 Å². The monoisotopic (exact) mass is 215 g/mol. The molecule has 1 saturated heterocycles. The van der Waals surface area contributed by atoms with Crippen molar-refractivity contribution in [1.82, 2.24) is 15.3 Å². The number of carbonyl (C=O) groups excluding carboxylic acids is 2. The Hall–Kier alpha value is -1.30. The lowest BCUT2D eigenvalue weighted by atomic mass is 10.3. The Morgan fingerprint density at radius 2 is 2.40 bits per heavy atom. The van der Waals surface area contributed by atoms with Gasteiger partial charge in [-0.1, -0.05) is 0 Å². The van der Waals surface area contributed by atoms with Crippen molar-refractivity contribution in [2.24, 2.45) is 0 Å². The fourth-order valence-corrected chi connectivity index (χ4v) is 1.38. The minimum Gasteiger partial charge on any atom is -0.338 e. The highest BCUT2D eigenvalue weighted by molar-refractivity contribution is 5.77. The van der Waals surface area contributed by atoms with Gasteiger partial charge in [0.2, 0.25) is 5.91 Å². The third-order valence-corrected chi connectivity index (χ3v) is 2.39. The molecule has 1 aliphatic heterocycles. The first-order chi connectivity index (χ1) is 7.15. The molecule has 1 N–H and O–H groups in total. The van der Waals surface area contributed by atoms with Crippen LogP contribution in [0.2, 0.25) is 0 Å². The van der Waals surface area contributed by atoms with Gasteiger partial charge in [-0.3, -0.25) is 9.63 Å². The van der Waals surface area contributed by atoms with Crippen molar-refractivity contribution in [3.05, 3.63) is 0 Å². The van der Waals surface area contributed by atoms with E-state index in [9.17, 15) is 9.59 Å². The largest absolute Gasteiger partial charge is 0.338 e. The first kappa shape index (κ1) is 11.8. The summed E-state index contributed by atoms with van der Waals surface area (Å²) >= 11 is 0. The number of carbonyl (C=O) groups is 2. The van der Waals surface area contributed by atoms with E-state index in [1.807, 2.05) is 0 Å². The second-order valence-corrected chi connectivity index (χ2v) is 3.40. The average Bonchev–Trinajstić information content (AvgIpc) is 2.26. The Kier molecular flexibility index (Phi) is 4.36. The molecule has 0 aromatic carbocycles. The first-order valence-electron chi connectivity index (χ1n) is 4.98. The summed E-state index contributed by atoms with van der Waals surface area (Å²) in [5, 5.41) is 3.90. The predicted molar refractivity (Wildman–Crippen MR) is 54.0 cm³/mol. The standard InChI is InChI=1S/C9H17N3O3/c1-11(15-2)8(13)4-7-12-6-3-5-10-9(12)14/h3-7H2,1-2H3,(H,10,14). The summed E-state index contributed by atoms with van der Waals surface area (Å²) in [5.74, 6) is -0.129. The van der Waals surface area contributed by atoms with Crippen LogP contribution < -0.4 is 5.32 Å². The van der Waals surface area contributed by atoms with E-state index < -0.39 is 0 Å². The summed E-state index contributed by atoms with van der Waals surface area (Å²) < 4.78 is 0. The molecule has 0 bridgehead atoms. The lowest BCUT2D eigenvalue weighted by Gasteiger charge is -2.27. The van der Waals surface area contributed by atoms with Gasteiger partial charge in [-0.2, -0.15) is 0 Å². The van der Waals surface area contributed by atoms with Gasteiger partial charge in [0.25, 0.3) is 0 Å². The summed E-state index contributed by atoms with van der Waals surface area (Å²) in [5.41, 5.74) is 0. The van der Waals surface area contributed by atoms with Gasteiger partial charge in [0.15, 0.2) is 0 Å². The molecular formula is C9H17N3O3. The van der Waals surface area contributed by atoms with E-state index in [0.29, 0.717) is 6.54 Å². The first-order valence-corrected chi connectivity index (χ1v) is 4.98. The van der Waals surface area contributed by atoms with Crippen LogP contribution in [0.4, 0.5) is 4.79 Å². The van der Waals surface area contributed by atoms with Crippen molar-refractivity contribution < 1.29 is 14.4 Å². The number of nitrogens with zero attached hydrogens (tertiary/aromatic N) is 2. The third-order valence-electron chi connectivity index (χ3n) is 2.39. The Morgan fingerprint density at radius 1 is 1.67 bits per heavy atom. The lowest BCUT2D eigenvalue weighted by molar-refractivity contribution is -0.168. The maximum Gasteiger partial charge on any atom is 0.317 e. The van der Waals surface area contributed by atoms with Crippen molar-refractivity contribution in [3.63, 3.8) is 0 Å². The quantitative estimate of drug-likeness (QED) is 0.661. The molecule has 6 nitrogen and oxygen atoms in total. The summed E-state index contributed by atoms with van der Waals surface area (Å²) in [7, 11) is 2.99. The molecule has 86 valence electrons. The summed E-state index contributed by atoms with van der Waals surface area (Å²) in [4.78, 5) is 29.1. The van der Waals surface area contributed by atoms with E-state index in [-0.39, 0.29) is 18.4 Å². The summed E-state index contributed by atoms with van der Waals surface area (Å²) in [6.07, 6.45) is 1.22. The SMILES string of the molecule is CON(C)C(=O)CCN1CCCNC1=O. The molecule has 1 rings (SSSR count). The molecule has 1 fully saturated rings. The van der Waals surface area contributed by atoms with E-state index in [0.717, 1.165) is 19.5 Å². The van der Waals surface area contributed by atoms with Crippen LogP contribution in [0.1, 0.15) is 12.8 Å². The topological polar surface area (TPSA) is 61.9 Å². The van der Waals surface area contributed by atoms with Gasteiger partial charge in [-0.15, -0.1) is 0 Å². The predicted octanol–water partition coefficient (Wildman–Crippen LogP) is -0.188. The highest BCUT2D eigenvalue weighted by Gasteiger charge is 2.18. The van der Waals surface area contributed by atoms with Crippen molar-refractivity contribution in [3.8, 4) is 0 Å². The van der Waals surface area contributed by atoms with Crippen LogP contribution in [-0.4, -0.2) is 55.7 Å². The van der Waals surface area contributed by atoms with Gasteiger partial charge in [-0.05, 0) is 6.42 Å². The second kappa shape index (κ2) is 5.55. The number of urea groups is 1. The zero-order chi connectivity index (χ0) is 11.3. The van der Waals surface area contributed by atoms with Crippen molar-refractivity contribution in [2.45, 2.75) is 12.8 Å². The van der Waals surface area contributed by atoms with E-state index in [2.05, 4.69) is 5.32 Å². The molecule has 0 atom stereocenters. The van der Waals surface area contributed by atoms with Gasteiger partial charge in [0.1, 0.15) is 0 Å². The van der Waals surface area contributed by atoms with Crippen LogP contribution in [0.15, 0.2) is 0 Å². The highest BCUT2D eigenvalue weighted by atomic mass is 16.7. The Labute approximate surface area is 89.1 Å². The average molecular weight is 215 g/mol. The van der Waals surface area contributed by atoms with E-state index in [1.165, 1.54) is 12.2 Å². The van der Waals surface area contributed by atoms with Crippen molar-refractivity contribution in [1.29, 1.82) is 0 Å². The van der Waals surface area contributed by atoms with Crippen LogP contribution >= 0.6 is 0 Å². The molecule has 0 saturated carbocycles. The number of nitrogens with one attached hydrogen (secondary N) is 1. The molecule has 0 radical (unpaired) electrons. The van der Waals surface area contributed by atoms with E-state index in [1.54, 1.807) is 11.9 Å². The van der Waals surface area contributed by atoms with Crippen LogP contribution in [-0.2, 0) is 9.63 Å². The molecule has 0 aliphatic carbocycles. The Bertz CT molecular complexity index is 245. The normalized spacial score (nSPS) is 16.1. The molecule has 15 heavy (non-hydrogen) atoms. The molecule has 0 aromatic rings. The van der Waals surface area contributed by atoms with Crippen molar-refractivity contribution in [2.75, 3.05) is 33.8 Å². The maximum atomic E-state index is 11.4. The van der Waals surface area contributed by atoms with Gasteiger partial charge in [0.05, 0.1) is 7.11 Å². The molecule has 1 aliphatic rings. The molecule has 1 heterocycles. The lowest BCUT2D eigenvalue weighted by Crippen LogP contribution is -2.47. The highest BCUT2D eigenvalue weighted by Crippen LogP contribution is 2.01. The maximum absolute atomic E-state index is 11.4. The molecular weight excluding hydrogens is 198 g/mol.